The molecule has 0 spiro atoms. The van der Waals surface area contributed by atoms with Crippen molar-refractivity contribution in [1.29, 1.82) is 5.26 Å². The van der Waals surface area contributed by atoms with Crippen LogP contribution in [0, 0.1) is 25.2 Å². The van der Waals surface area contributed by atoms with Gasteiger partial charge in [-0.1, -0.05) is 12.1 Å². The number of halogens is 1. The number of nitriles is 1. The van der Waals surface area contributed by atoms with Gasteiger partial charge in [0.15, 0.2) is 0 Å². The highest BCUT2D eigenvalue weighted by Crippen LogP contribution is 2.24. The zero-order valence-corrected chi connectivity index (χ0v) is 11.7. The van der Waals surface area contributed by atoms with Gasteiger partial charge in [-0.05, 0) is 53.0 Å². The molecule has 18 heavy (non-hydrogen) atoms. The average molecular weight is 302 g/mol. The number of hydrogen-bond acceptors (Lipinski definition) is 3. The zero-order chi connectivity index (χ0) is 13.1. The molecule has 3 nitrogen and oxygen atoms in total. The number of nitrogens with one attached hydrogen (secondary N) is 1. The summed E-state index contributed by atoms with van der Waals surface area (Å²) >= 11 is 3.41. The normalized spacial score (nSPS) is 9.89. The summed E-state index contributed by atoms with van der Waals surface area (Å²) in [7, 11) is 0. The van der Waals surface area contributed by atoms with E-state index in [9.17, 15) is 0 Å². The molecule has 0 fully saturated rings. The summed E-state index contributed by atoms with van der Waals surface area (Å²) in [6, 6.07) is 9.87. The third-order valence-electron chi connectivity index (χ3n) is 2.69. The van der Waals surface area contributed by atoms with Crippen LogP contribution in [0.5, 0.6) is 0 Å². The van der Waals surface area contributed by atoms with Gasteiger partial charge in [0.05, 0.1) is 11.3 Å². The minimum atomic E-state index is 0.653. The fourth-order valence-electron chi connectivity index (χ4n) is 1.67. The molecule has 0 atom stereocenters. The van der Waals surface area contributed by atoms with Crippen molar-refractivity contribution < 1.29 is 0 Å². The molecule has 0 aliphatic heterocycles. The van der Waals surface area contributed by atoms with Crippen LogP contribution < -0.4 is 5.32 Å². The van der Waals surface area contributed by atoms with E-state index in [1.165, 1.54) is 0 Å². The first-order valence-electron chi connectivity index (χ1n) is 5.50. The molecule has 0 saturated carbocycles. The van der Waals surface area contributed by atoms with Gasteiger partial charge in [-0.3, -0.25) is 0 Å². The first kappa shape index (κ1) is 12.6. The Morgan fingerprint density at radius 1 is 1.28 bits per heavy atom. The molecule has 1 aromatic heterocycles. The van der Waals surface area contributed by atoms with Crippen LogP contribution in [-0.2, 0) is 0 Å². The molecule has 4 heteroatoms. The van der Waals surface area contributed by atoms with Crippen LogP contribution >= 0.6 is 15.9 Å². The van der Waals surface area contributed by atoms with Crippen molar-refractivity contribution in [2.24, 2.45) is 0 Å². The van der Waals surface area contributed by atoms with E-state index < -0.39 is 0 Å². The van der Waals surface area contributed by atoms with Crippen LogP contribution in [0.1, 0.15) is 16.7 Å². The Morgan fingerprint density at radius 3 is 2.72 bits per heavy atom. The summed E-state index contributed by atoms with van der Waals surface area (Å²) in [5.41, 5.74) is 3.49. The summed E-state index contributed by atoms with van der Waals surface area (Å²) < 4.78 is 0.970. The van der Waals surface area contributed by atoms with Gasteiger partial charge >= 0.3 is 0 Å². The minimum absolute atomic E-state index is 0.653. The third-order valence-corrected chi connectivity index (χ3v) is 3.52. The lowest BCUT2D eigenvalue weighted by molar-refractivity contribution is 1.25. The van der Waals surface area contributed by atoms with Crippen molar-refractivity contribution in [3.63, 3.8) is 0 Å². The lowest BCUT2D eigenvalue weighted by atomic mass is 10.1. The topological polar surface area (TPSA) is 48.7 Å². The number of aryl methyl sites for hydroxylation is 2. The number of rotatable bonds is 2. The van der Waals surface area contributed by atoms with E-state index in [1.54, 1.807) is 6.20 Å². The van der Waals surface area contributed by atoms with Gasteiger partial charge in [0.2, 0.25) is 0 Å². The first-order valence-corrected chi connectivity index (χ1v) is 6.30. The monoisotopic (exact) mass is 301 g/mol. The summed E-state index contributed by atoms with van der Waals surface area (Å²) in [4.78, 5) is 4.27. The molecule has 0 radical (unpaired) electrons. The number of aromatic nitrogens is 1. The Bertz CT molecular complexity index is 629. The summed E-state index contributed by atoms with van der Waals surface area (Å²) in [5.74, 6) is 0.734. The molecule has 0 amide bonds. The molecule has 0 saturated heterocycles. The second-order valence-electron chi connectivity index (χ2n) is 4.05. The standard InChI is InChI=1S/C14H12BrN3/c1-9-4-3-5-13(11(9)7-16)18-14-6-10(2)12(15)8-17-14/h3-6,8H,1-2H3,(H,17,18). The lowest BCUT2D eigenvalue weighted by Crippen LogP contribution is -1.98. The zero-order valence-electron chi connectivity index (χ0n) is 10.2. The molecule has 0 bridgehead atoms. The summed E-state index contributed by atoms with van der Waals surface area (Å²) in [6.45, 7) is 3.92. The summed E-state index contributed by atoms with van der Waals surface area (Å²) in [5, 5.41) is 12.3. The van der Waals surface area contributed by atoms with Crippen molar-refractivity contribution in [3.05, 3.63) is 51.6 Å². The molecule has 0 aliphatic carbocycles. The molecule has 0 aliphatic rings. The first-order chi connectivity index (χ1) is 8.61. The van der Waals surface area contributed by atoms with E-state index in [2.05, 4.69) is 32.3 Å². The highest BCUT2D eigenvalue weighted by molar-refractivity contribution is 9.10. The van der Waals surface area contributed by atoms with Crippen molar-refractivity contribution in [3.8, 4) is 6.07 Å². The van der Waals surface area contributed by atoms with E-state index in [0.717, 1.165) is 27.1 Å². The Hall–Kier alpha value is -1.86. The number of pyridine rings is 1. The molecule has 0 unspecified atom stereocenters. The van der Waals surface area contributed by atoms with E-state index >= 15 is 0 Å². The Morgan fingerprint density at radius 2 is 2.06 bits per heavy atom. The molecule has 1 heterocycles. The second-order valence-corrected chi connectivity index (χ2v) is 4.91. The van der Waals surface area contributed by atoms with Crippen molar-refractivity contribution in [2.45, 2.75) is 13.8 Å². The molecule has 2 rings (SSSR count). The van der Waals surface area contributed by atoms with Crippen molar-refractivity contribution in [1.82, 2.24) is 4.98 Å². The highest BCUT2D eigenvalue weighted by Gasteiger charge is 2.06. The minimum Gasteiger partial charge on any atom is -0.339 e. The van der Waals surface area contributed by atoms with Crippen LogP contribution in [0.15, 0.2) is 34.9 Å². The fourth-order valence-corrected chi connectivity index (χ4v) is 1.88. The number of hydrogen-bond donors (Lipinski definition) is 1. The smallest absolute Gasteiger partial charge is 0.130 e. The van der Waals surface area contributed by atoms with Crippen LogP contribution in [0.3, 0.4) is 0 Å². The Kier molecular flexibility index (Phi) is 3.63. The van der Waals surface area contributed by atoms with Crippen LogP contribution in [0.2, 0.25) is 0 Å². The van der Waals surface area contributed by atoms with Gasteiger partial charge in [-0.15, -0.1) is 0 Å². The molecule has 2 aromatic rings. The van der Waals surface area contributed by atoms with E-state index in [-0.39, 0.29) is 0 Å². The molecule has 1 aromatic carbocycles. The van der Waals surface area contributed by atoms with Crippen LogP contribution in [0.25, 0.3) is 0 Å². The fraction of sp³-hybridized carbons (Fsp3) is 0.143. The third kappa shape index (κ3) is 2.52. The predicted molar refractivity (Wildman–Crippen MR) is 75.9 cm³/mol. The van der Waals surface area contributed by atoms with Gasteiger partial charge < -0.3 is 5.32 Å². The molecule has 90 valence electrons. The van der Waals surface area contributed by atoms with E-state index in [4.69, 9.17) is 5.26 Å². The Labute approximate surface area is 115 Å². The number of anilines is 2. The van der Waals surface area contributed by atoms with Crippen molar-refractivity contribution >= 4 is 27.4 Å². The molecular weight excluding hydrogens is 290 g/mol. The SMILES string of the molecule is Cc1cc(Nc2cccc(C)c2C#N)ncc1Br. The van der Waals surface area contributed by atoms with E-state index in [0.29, 0.717) is 5.56 Å². The van der Waals surface area contributed by atoms with Crippen LogP contribution in [-0.4, -0.2) is 4.98 Å². The van der Waals surface area contributed by atoms with Crippen LogP contribution in [0.4, 0.5) is 11.5 Å². The maximum atomic E-state index is 9.16. The molecule has 1 N–H and O–H groups in total. The van der Waals surface area contributed by atoms with Gasteiger partial charge in [0, 0.05) is 10.7 Å². The molecular formula is C14H12BrN3. The average Bonchev–Trinajstić information content (AvgIpc) is 2.34. The summed E-state index contributed by atoms with van der Waals surface area (Å²) in [6.07, 6.45) is 1.75. The largest absolute Gasteiger partial charge is 0.339 e. The number of benzene rings is 1. The van der Waals surface area contributed by atoms with Gasteiger partial charge in [0.1, 0.15) is 11.9 Å². The maximum Gasteiger partial charge on any atom is 0.130 e. The number of nitrogens with zero attached hydrogens (tertiary/aromatic N) is 2. The van der Waals surface area contributed by atoms with E-state index in [1.807, 2.05) is 38.1 Å². The quantitative estimate of drug-likeness (QED) is 0.909. The Balaban J connectivity index is 2.37. The predicted octanol–water partition coefficient (Wildman–Crippen LogP) is 4.08. The second kappa shape index (κ2) is 5.19. The van der Waals surface area contributed by atoms with Gasteiger partial charge in [-0.2, -0.15) is 5.26 Å². The maximum absolute atomic E-state index is 9.16. The van der Waals surface area contributed by atoms with Gasteiger partial charge in [0.25, 0.3) is 0 Å². The van der Waals surface area contributed by atoms with Crippen molar-refractivity contribution in [2.75, 3.05) is 5.32 Å². The highest BCUT2D eigenvalue weighted by atomic mass is 79.9. The van der Waals surface area contributed by atoms with Gasteiger partial charge in [-0.25, -0.2) is 4.98 Å². The lowest BCUT2D eigenvalue weighted by Gasteiger charge is -2.10.